The van der Waals surface area contributed by atoms with E-state index in [1.54, 1.807) is 0 Å². The fourth-order valence-corrected chi connectivity index (χ4v) is 2.31. The van der Waals surface area contributed by atoms with Crippen molar-refractivity contribution in [2.45, 2.75) is 25.4 Å². The molecule has 1 rings (SSSR count). The lowest BCUT2D eigenvalue weighted by molar-refractivity contribution is 0.142. The predicted octanol–water partition coefficient (Wildman–Crippen LogP) is 3.59. The van der Waals surface area contributed by atoms with E-state index in [1.165, 1.54) is 0 Å². The minimum atomic E-state index is -0.0664. The van der Waals surface area contributed by atoms with Crippen LogP contribution < -0.4 is 5.32 Å². The Kier molecular flexibility index (Phi) is 4.85. The first-order valence-corrected chi connectivity index (χ1v) is 6.36. The zero-order valence-electron chi connectivity index (χ0n) is 11.0. The highest BCUT2D eigenvalue weighted by Gasteiger charge is 2.33. The normalized spacial score (nSPS) is 14.1. The largest absolute Gasteiger partial charge is 0.311 e. The molecular weight excluding hydrogens is 255 g/mol. The summed E-state index contributed by atoms with van der Waals surface area (Å²) in [6, 6.07) is 5.87. The second-order valence-corrected chi connectivity index (χ2v) is 5.70. The average Bonchev–Trinajstić information content (AvgIpc) is 2.24. The second-order valence-electron chi connectivity index (χ2n) is 4.91. The molecule has 1 unspecified atom stereocenters. The van der Waals surface area contributed by atoms with Crippen LogP contribution in [0.3, 0.4) is 0 Å². The molecule has 2 nitrogen and oxygen atoms in total. The second kappa shape index (κ2) is 5.57. The smallest absolute Gasteiger partial charge is 0.0640 e. The van der Waals surface area contributed by atoms with Crippen LogP contribution in [0, 0.1) is 0 Å². The summed E-state index contributed by atoms with van der Waals surface area (Å²) in [4.78, 5) is 2.17. The van der Waals surface area contributed by atoms with Crippen molar-refractivity contribution in [1.82, 2.24) is 10.2 Å². The van der Waals surface area contributed by atoms with Gasteiger partial charge in [-0.3, -0.25) is 0 Å². The topological polar surface area (TPSA) is 15.3 Å². The lowest BCUT2D eigenvalue weighted by atomic mass is 9.87. The summed E-state index contributed by atoms with van der Waals surface area (Å²) in [5.74, 6) is 0. The number of likely N-dealkylation sites (N-methyl/N-ethyl adjacent to an activating group) is 2. The van der Waals surface area contributed by atoms with E-state index >= 15 is 0 Å². The van der Waals surface area contributed by atoms with E-state index in [4.69, 9.17) is 23.2 Å². The van der Waals surface area contributed by atoms with Crippen molar-refractivity contribution in [1.29, 1.82) is 0 Å². The third-order valence-corrected chi connectivity index (χ3v) is 4.27. The quantitative estimate of drug-likeness (QED) is 0.903. The van der Waals surface area contributed by atoms with Gasteiger partial charge < -0.3 is 10.2 Å². The third kappa shape index (κ3) is 2.94. The van der Waals surface area contributed by atoms with Crippen molar-refractivity contribution >= 4 is 23.2 Å². The van der Waals surface area contributed by atoms with Gasteiger partial charge >= 0.3 is 0 Å². The number of halogens is 2. The Balaban J connectivity index is 3.23. The Hall–Kier alpha value is -0.280. The molecule has 0 spiro atoms. The molecule has 0 aliphatic carbocycles. The molecule has 96 valence electrons. The van der Waals surface area contributed by atoms with Gasteiger partial charge in [-0.2, -0.15) is 0 Å². The van der Waals surface area contributed by atoms with Crippen molar-refractivity contribution in [2.75, 3.05) is 21.1 Å². The van der Waals surface area contributed by atoms with Gasteiger partial charge in [0.15, 0.2) is 0 Å². The highest BCUT2D eigenvalue weighted by atomic mass is 35.5. The average molecular weight is 275 g/mol. The first kappa shape index (κ1) is 14.8. The summed E-state index contributed by atoms with van der Waals surface area (Å²) in [5, 5.41) is 4.55. The van der Waals surface area contributed by atoms with Crippen molar-refractivity contribution in [2.24, 2.45) is 0 Å². The molecule has 0 radical (unpaired) electrons. The van der Waals surface area contributed by atoms with Crippen molar-refractivity contribution in [3.05, 3.63) is 33.8 Å². The molecule has 0 heterocycles. The van der Waals surface area contributed by atoms with Gasteiger partial charge in [0.2, 0.25) is 0 Å². The molecule has 0 amide bonds. The zero-order valence-corrected chi connectivity index (χ0v) is 12.5. The Morgan fingerprint density at radius 1 is 1.24 bits per heavy atom. The van der Waals surface area contributed by atoms with Gasteiger partial charge in [0, 0.05) is 5.54 Å². The van der Waals surface area contributed by atoms with Gasteiger partial charge in [-0.05, 0) is 46.6 Å². The molecule has 17 heavy (non-hydrogen) atoms. The SMILES string of the molecule is CNC(c1cccc(Cl)c1Cl)C(C)(C)N(C)C. The fraction of sp³-hybridized carbons (Fsp3) is 0.538. The van der Waals surface area contributed by atoms with Gasteiger partial charge in [0.25, 0.3) is 0 Å². The van der Waals surface area contributed by atoms with E-state index in [-0.39, 0.29) is 11.6 Å². The van der Waals surface area contributed by atoms with Gasteiger partial charge in [-0.25, -0.2) is 0 Å². The standard InChI is InChI=1S/C13H20Cl2N2/c1-13(2,17(4)5)12(16-3)9-7-6-8-10(14)11(9)15/h6-8,12,16H,1-5H3. The monoisotopic (exact) mass is 274 g/mol. The number of hydrogen-bond acceptors (Lipinski definition) is 2. The molecule has 0 fully saturated rings. The molecule has 1 aromatic rings. The van der Waals surface area contributed by atoms with Crippen LogP contribution in [0.15, 0.2) is 18.2 Å². The number of rotatable bonds is 4. The third-order valence-electron chi connectivity index (χ3n) is 3.44. The summed E-state index contributed by atoms with van der Waals surface area (Å²) in [7, 11) is 6.05. The van der Waals surface area contributed by atoms with Crippen LogP contribution in [0.5, 0.6) is 0 Å². The van der Waals surface area contributed by atoms with E-state index in [1.807, 2.05) is 25.2 Å². The zero-order chi connectivity index (χ0) is 13.2. The molecule has 0 aromatic heterocycles. The maximum absolute atomic E-state index is 6.29. The summed E-state index contributed by atoms with van der Waals surface area (Å²) in [5.41, 5.74) is 0.962. The van der Waals surface area contributed by atoms with Gasteiger partial charge in [0.1, 0.15) is 0 Å². The first-order chi connectivity index (χ1) is 7.82. The number of hydrogen-bond donors (Lipinski definition) is 1. The Morgan fingerprint density at radius 3 is 2.29 bits per heavy atom. The van der Waals surface area contributed by atoms with Crippen LogP contribution in [0.1, 0.15) is 25.5 Å². The highest BCUT2D eigenvalue weighted by molar-refractivity contribution is 6.42. The molecule has 1 aromatic carbocycles. The summed E-state index contributed by atoms with van der Waals surface area (Å²) in [6.07, 6.45) is 0. The fourth-order valence-electron chi connectivity index (χ4n) is 1.89. The van der Waals surface area contributed by atoms with Gasteiger partial charge in [-0.1, -0.05) is 35.3 Å². The summed E-state index contributed by atoms with van der Waals surface area (Å²) >= 11 is 12.4. The van der Waals surface area contributed by atoms with E-state index < -0.39 is 0 Å². The van der Waals surface area contributed by atoms with Crippen molar-refractivity contribution < 1.29 is 0 Å². The molecule has 0 aliphatic rings. The molecule has 4 heteroatoms. The van der Waals surface area contributed by atoms with E-state index in [0.717, 1.165) is 5.56 Å². The van der Waals surface area contributed by atoms with Gasteiger partial charge in [0.05, 0.1) is 16.1 Å². The Bertz CT molecular complexity index is 389. The van der Waals surface area contributed by atoms with E-state index in [0.29, 0.717) is 10.0 Å². The molecule has 0 aliphatic heterocycles. The predicted molar refractivity (Wildman–Crippen MR) is 76.0 cm³/mol. The first-order valence-electron chi connectivity index (χ1n) is 5.61. The van der Waals surface area contributed by atoms with Crippen molar-refractivity contribution in [3.63, 3.8) is 0 Å². The van der Waals surface area contributed by atoms with E-state index in [2.05, 4.69) is 38.2 Å². The minimum Gasteiger partial charge on any atom is -0.311 e. The lowest BCUT2D eigenvalue weighted by Gasteiger charge is -2.40. The van der Waals surface area contributed by atoms with Crippen LogP contribution in [-0.2, 0) is 0 Å². The molecular formula is C13H20Cl2N2. The van der Waals surface area contributed by atoms with E-state index in [9.17, 15) is 0 Å². The van der Waals surface area contributed by atoms with Crippen LogP contribution in [0.25, 0.3) is 0 Å². The molecule has 1 atom stereocenters. The molecule has 0 saturated heterocycles. The Morgan fingerprint density at radius 2 is 1.82 bits per heavy atom. The Labute approximate surface area is 114 Å². The number of benzene rings is 1. The molecule has 0 bridgehead atoms. The van der Waals surface area contributed by atoms with Crippen LogP contribution in [0.2, 0.25) is 10.0 Å². The number of nitrogens with one attached hydrogen (secondary N) is 1. The summed E-state index contributed by atoms with van der Waals surface area (Å²) in [6.45, 7) is 4.34. The maximum atomic E-state index is 6.29. The van der Waals surface area contributed by atoms with Crippen molar-refractivity contribution in [3.8, 4) is 0 Å². The lowest BCUT2D eigenvalue weighted by Crippen LogP contribution is -2.48. The highest BCUT2D eigenvalue weighted by Crippen LogP contribution is 2.36. The van der Waals surface area contributed by atoms with Crippen LogP contribution in [0.4, 0.5) is 0 Å². The van der Waals surface area contributed by atoms with Gasteiger partial charge in [-0.15, -0.1) is 0 Å². The van der Waals surface area contributed by atoms with Crippen LogP contribution in [-0.4, -0.2) is 31.6 Å². The minimum absolute atomic E-state index is 0.0664. The molecule has 1 N–H and O–H groups in total. The number of nitrogens with zero attached hydrogens (tertiary/aromatic N) is 1. The maximum Gasteiger partial charge on any atom is 0.0640 e. The summed E-state index contributed by atoms with van der Waals surface area (Å²) < 4.78 is 0. The molecule has 0 saturated carbocycles. The van der Waals surface area contributed by atoms with Crippen LogP contribution >= 0.6 is 23.2 Å².